The molecule has 0 aliphatic rings. The number of carbonyl (C=O) groups is 1. The Bertz CT molecular complexity index is 149. The van der Waals surface area contributed by atoms with Crippen molar-refractivity contribution in [3.05, 3.63) is 0 Å². The third-order valence-corrected chi connectivity index (χ3v) is 1.78. The van der Waals surface area contributed by atoms with Crippen LogP contribution in [0, 0.1) is 0 Å². The smallest absolute Gasteiger partial charge is 0.320 e. The normalized spacial score (nSPS) is 10.9. The first-order valence-corrected chi connectivity index (χ1v) is 4.71. The molecule has 13 heavy (non-hydrogen) atoms. The van der Waals surface area contributed by atoms with Crippen LogP contribution in [0.4, 0.5) is 0 Å². The van der Waals surface area contributed by atoms with Gasteiger partial charge in [0, 0.05) is 19.1 Å². The molecular formula is C9H20N2O2. The van der Waals surface area contributed by atoms with Crippen LogP contribution in [0.3, 0.4) is 0 Å². The van der Waals surface area contributed by atoms with Crippen molar-refractivity contribution in [2.75, 3.05) is 26.2 Å². The van der Waals surface area contributed by atoms with Crippen molar-refractivity contribution in [2.24, 2.45) is 5.73 Å². The Hall–Kier alpha value is -0.610. The molecule has 0 unspecified atom stereocenters. The van der Waals surface area contributed by atoms with Crippen LogP contribution in [-0.2, 0) is 9.53 Å². The van der Waals surface area contributed by atoms with Crippen molar-refractivity contribution in [1.29, 1.82) is 0 Å². The highest BCUT2D eigenvalue weighted by molar-refractivity contribution is 5.71. The van der Waals surface area contributed by atoms with Crippen molar-refractivity contribution in [3.63, 3.8) is 0 Å². The molecule has 0 aromatic carbocycles. The summed E-state index contributed by atoms with van der Waals surface area (Å²) in [6, 6.07) is 0.327. The quantitative estimate of drug-likeness (QED) is 0.606. The standard InChI is InChI=1S/C9H20N2O2/c1-4-13-9(12)7-11(6-5-10)8(2)3/h8H,4-7,10H2,1-3H3. The molecule has 0 aliphatic heterocycles. The number of ether oxygens (including phenoxy) is 1. The fraction of sp³-hybridized carbons (Fsp3) is 0.889. The van der Waals surface area contributed by atoms with Gasteiger partial charge in [0.1, 0.15) is 0 Å². The van der Waals surface area contributed by atoms with Crippen LogP contribution in [-0.4, -0.2) is 43.2 Å². The molecule has 0 aromatic rings. The number of rotatable bonds is 6. The maximum absolute atomic E-state index is 11.1. The van der Waals surface area contributed by atoms with E-state index in [1.54, 1.807) is 6.92 Å². The van der Waals surface area contributed by atoms with Gasteiger partial charge in [0.2, 0.25) is 0 Å². The van der Waals surface area contributed by atoms with Gasteiger partial charge >= 0.3 is 5.97 Å². The second kappa shape index (κ2) is 6.86. The van der Waals surface area contributed by atoms with E-state index >= 15 is 0 Å². The van der Waals surface area contributed by atoms with Gasteiger partial charge in [-0.3, -0.25) is 9.69 Å². The Balaban J connectivity index is 3.86. The summed E-state index contributed by atoms with van der Waals surface area (Å²) in [7, 11) is 0. The summed E-state index contributed by atoms with van der Waals surface area (Å²) in [5, 5.41) is 0. The van der Waals surface area contributed by atoms with Crippen LogP contribution in [0.15, 0.2) is 0 Å². The maximum Gasteiger partial charge on any atom is 0.320 e. The zero-order valence-electron chi connectivity index (χ0n) is 8.75. The van der Waals surface area contributed by atoms with E-state index in [1.165, 1.54) is 0 Å². The van der Waals surface area contributed by atoms with E-state index in [0.717, 1.165) is 6.54 Å². The van der Waals surface area contributed by atoms with Crippen molar-refractivity contribution in [1.82, 2.24) is 4.90 Å². The molecular weight excluding hydrogens is 168 g/mol. The van der Waals surface area contributed by atoms with E-state index in [0.29, 0.717) is 25.7 Å². The summed E-state index contributed by atoms with van der Waals surface area (Å²) < 4.78 is 4.85. The van der Waals surface area contributed by atoms with Gasteiger partial charge in [-0.2, -0.15) is 0 Å². The number of nitrogens with zero attached hydrogens (tertiary/aromatic N) is 1. The first-order chi connectivity index (χ1) is 6.11. The number of nitrogens with two attached hydrogens (primary N) is 1. The lowest BCUT2D eigenvalue weighted by Crippen LogP contribution is -2.39. The SMILES string of the molecule is CCOC(=O)CN(CCN)C(C)C. The molecule has 4 heteroatoms. The van der Waals surface area contributed by atoms with E-state index in [9.17, 15) is 4.79 Å². The monoisotopic (exact) mass is 188 g/mol. The molecule has 0 aromatic heterocycles. The Morgan fingerprint density at radius 2 is 2.15 bits per heavy atom. The summed E-state index contributed by atoms with van der Waals surface area (Å²) in [4.78, 5) is 13.1. The molecule has 0 saturated carbocycles. The topological polar surface area (TPSA) is 55.6 Å². The van der Waals surface area contributed by atoms with E-state index in [1.807, 2.05) is 18.7 Å². The van der Waals surface area contributed by atoms with E-state index < -0.39 is 0 Å². The molecule has 0 rings (SSSR count). The van der Waals surface area contributed by atoms with E-state index in [2.05, 4.69) is 0 Å². The number of hydrogen-bond donors (Lipinski definition) is 1. The Morgan fingerprint density at radius 3 is 2.54 bits per heavy atom. The largest absolute Gasteiger partial charge is 0.465 e. The summed E-state index contributed by atoms with van der Waals surface area (Å²) in [6.45, 7) is 7.95. The van der Waals surface area contributed by atoms with Crippen molar-refractivity contribution >= 4 is 5.97 Å². The minimum Gasteiger partial charge on any atom is -0.465 e. The van der Waals surface area contributed by atoms with Gasteiger partial charge < -0.3 is 10.5 Å². The number of esters is 1. The van der Waals surface area contributed by atoms with Gasteiger partial charge in [0.15, 0.2) is 0 Å². The average molecular weight is 188 g/mol. The van der Waals surface area contributed by atoms with Crippen LogP contribution in [0.2, 0.25) is 0 Å². The zero-order chi connectivity index (χ0) is 10.3. The molecule has 0 saturated heterocycles. The third-order valence-electron chi connectivity index (χ3n) is 1.78. The van der Waals surface area contributed by atoms with Crippen LogP contribution in [0.25, 0.3) is 0 Å². The molecule has 0 heterocycles. The maximum atomic E-state index is 11.1. The van der Waals surface area contributed by atoms with Gasteiger partial charge in [-0.1, -0.05) is 0 Å². The first-order valence-electron chi connectivity index (χ1n) is 4.71. The van der Waals surface area contributed by atoms with E-state index in [-0.39, 0.29) is 5.97 Å². The summed E-state index contributed by atoms with van der Waals surface area (Å²) in [5.41, 5.74) is 5.42. The lowest BCUT2D eigenvalue weighted by atomic mass is 10.3. The Kier molecular flexibility index (Phi) is 6.54. The van der Waals surface area contributed by atoms with E-state index in [4.69, 9.17) is 10.5 Å². The third kappa shape index (κ3) is 5.60. The number of hydrogen-bond acceptors (Lipinski definition) is 4. The van der Waals surface area contributed by atoms with Gasteiger partial charge in [-0.25, -0.2) is 0 Å². The highest BCUT2D eigenvalue weighted by Gasteiger charge is 2.13. The summed E-state index contributed by atoms with van der Waals surface area (Å²) in [6.07, 6.45) is 0. The second-order valence-electron chi connectivity index (χ2n) is 3.16. The molecule has 0 spiro atoms. The molecule has 0 radical (unpaired) electrons. The highest BCUT2D eigenvalue weighted by Crippen LogP contribution is 1.97. The lowest BCUT2D eigenvalue weighted by Gasteiger charge is -2.24. The fourth-order valence-corrected chi connectivity index (χ4v) is 1.06. The van der Waals surface area contributed by atoms with Crippen molar-refractivity contribution < 1.29 is 9.53 Å². The summed E-state index contributed by atoms with van der Waals surface area (Å²) in [5.74, 6) is -0.176. The predicted molar refractivity (Wildman–Crippen MR) is 52.4 cm³/mol. The Morgan fingerprint density at radius 1 is 1.54 bits per heavy atom. The number of carbonyl (C=O) groups excluding carboxylic acids is 1. The molecule has 0 aliphatic carbocycles. The lowest BCUT2D eigenvalue weighted by molar-refractivity contribution is -0.144. The van der Waals surface area contributed by atoms with Crippen LogP contribution in [0.5, 0.6) is 0 Å². The van der Waals surface area contributed by atoms with Crippen molar-refractivity contribution in [2.45, 2.75) is 26.8 Å². The molecule has 0 bridgehead atoms. The summed E-state index contributed by atoms with van der Waals surface area (Å²) >= 11 is 0. The van der Waals surface area contributed by atoms with Crippen LogP contribution >= 0.6 is 0 Å². The second-order valence-corrected chi connectivity index (χ2v) is 3.16. The molecule has 0 atom stereocenters. The molecule has 4 nitrogen and oxygen atoms in total. The average Bonchev–Trinajstić information content (AvgIpc) is 2.04. The van der Waals surface area contributed by atoms with Crippen LogP contribution < -0.4 is 5.73 Å². The van der Waals surface area contributed by atoms with Gasteiger partial charge in [-0.05, 0) is 20.8 Å². The molecule has 2 N–H and O–H groups in total. The zero-order valence-corrected chi connectivity index (χ0v) is 8.75. The minimum absolute atomic E-state index is 0.176. The van der Waals surface area contributed by atoms with Gasteiger partial charge in [-0.15, -0.1) is 0 Å². The minimum atomic E-state index is -0.176. The van der Waals surface area contributed by atoms with Gasteiger partial charge in [0.05, 0.1) is 13.2 Å². The predicted octanol–water partition coefficient (Wildman–Crippen LogP) is 0.219. The Labute approximate surface area is 80.0 Å². The fourth-order valence-electron chi connectivity index (χ4n) is 1.06. The van der Waals surface area contributed by atoms with Crippen molar-refractivity contribution in [3.8, 4) is 0 Å². The van der Waals surface area contributed by atoms with Crippen LogP contribution in [0.1, 0.15) is 20.8 Å². The molecule has 0 fully saturated rings. The molecule has 78 valence electrons. The first kappa shape index (κ1) is 12.4. The highest BCUT2D eigenvalue weighted by atomic mass is 16.5. The van der Waals surface area contributed by atoms with Gasteiger partial charge in [0.25, 0.3) is 0 Å². The molecule has 0 amide bonds.